The molecule has 0 saturated heterocycles. The van der Waals surface area contributed by atoms with Crippen molar-refractivity contribution in [2.24, 2.45) is 5.73 Å². The van der Waals surface area contributed by atoms with E-state index in [9.17, 15) is 14.0 Å². The number of fused-ring (bicyclic) bond motifs is 1. The van der Waals surface area contributed by atoms with Crippen molar-refractivity contribution >= 4 is 34.0 Å². The Morgan fingerprint density at radius 3 is 2.53 bits per heavy atom. The molecule has 0 saturated carbocycles. The maximum absolute atomic E-state index is 13.4. The average molecular weight is 458 g/mol. The van der Waals surface area contributed by atoms with E-state index in [4.69, 9.17) is 14.9 Å². The van der Waals surface area contributed by atoms with Gasteiger partial charge in [0.1, 0.15) is 17.1 Å². The van der Waals surface area contributed by atoms with Crippen LogP contribution in [-0.2, 0) is 4.79 Å². The fourth-order valence-corrected chi connectivity index (χ4v) is 3.93. The molecule has 4 aromatic rings. The van der Waals surface area contributed by atoms with Crippen molar-refractivity contribution < 1.29 is 23.1 Å². The zero-order valence-electron chi connectivity index (χ0n) is 18.9. The quantitative estimate of drug-likeness (QED) is 0.363. The minimum Gasteiger partial charge on any atom is -0.496 e. The Kier molecular flexibility index (Phi) is 6.19. The molecule has 0 fully saturated rings. The molecule has 0 aliphatic rings. The van der Waals surface area contributed by atoms with Crippen molar-refractivity contribution in [1.29, 1.82) is 0 Å². The van der Waals surface area contributed by atoms with Crippen molar-refractivity contribution in [3.8, 4) is 16.9 Å². The standard InChI is InChI=1S/C27H23FN2O4/c1-15(11-24(31)30-20-6-4-5-18(12-20)27(29)32)21-13-22-23(17-7-9-19(28)10-8-17)14-34-26(22)16(2)25(21)33-3/h4-14H,1-3H3,(H2,29,32)(H,30,31)/b15-11+. The smallest absolute Gasteiger partial charge is 0.248 e. The molecule has 4 rings (SSSR count). The first-order valence-electron chi connectivity index (χ1n) is 10.5. The second kappa shape index (κ2) is 9.23. The topological polar surface area (TPSA) is 94.6 Å². The Morgan fingerprint density at radius 2 is 1.85 bits per heavy atom. The number of benzene rings is 3. The van der Waals surface area contributed by atoms with E-state index in [1.165, 1.54) is 24.3 Å². The van der Waals surface area contributed by atoms with Crippen LogP contribution in [0.25, 0.3) is 27.7 Å². The zero-order valence-corrected chi connectivity index (χ0v) is 18.9. The number of carbonyl (C=O) groups excluding carboxylic acids is 2. The van der Waals surface area contributed by atoms with E-state index in [0.29, 0.717) is 28.2 Å². The van der Waals surface area contributed by atoms with Crippen molar-refractivity contribution in [1.82, 2.24) is 0 Å². The number of hydrogen-bond donors (Lipinski definition) is 2. The van der Waals surface area contributed by atoms with Crippen LogP contribution in [0.3, 0.4) is 0 Å². The van der Waals surface area contributed by atoms with Crippen LogP contribution in [0.15, 0.2) is 71.4 Å². The number of furan rings is 1. The van der Waals surface area contributed by atoms with Crippen LogP contribution in [0.4, 0.5) is 10.1 Å². The number of hydrogen-bond acceptors (Lipinski definition) is 4. The molecule has 3 aromatic carbocycles. The molecule has 6 nitrogen and oxygen atoms in total. The van der Waals surface area contributed by atoms with Crippen molar-refractivity contribution in [2.45, 2.75) is 13.8 Å². The van der Waals surface area contributed by atoms with Gasteiger partial charge in [-0.3, -0.25) is 9.59 Å². The predicted molar refractivity (Wildman–Crippen MR) is 130 cm³/mol. The van der Waals surface area contributed by atoms with Gasteiger partial charge in [0.05, 0.1) is 13.4 Å². The number of aryl methyl sites for hydroxylation is 1. The van der Waals surface area contributed by atoms with Crippen LogP contribution in [0.5, 0.6) is 5.75 Å². The molecule has 0 atom stereocenters. The minimum atomic E-state index is -0.576. The van der Waals surface area contributed by atoms with Crippen molar-refractivity contribution in [3.63, 3.8) is 0 Å². The normalized spacial score (nSPS) is 11.5. The monoisotopic (exact) mass is 458 g/mol. The number of anilines is 1. The van der Waals surface area contributed by atoms with Gasteiger partial charge in [0.25, 0.3) is 0 Å². The summed E-state index contributed by atoms with van der Waals surface area (Å²) in [4.78, 5) is 24.1. The molecule has 0 aliphatic carbocycles. The lowest BCUT2D eigenvalue weighted by Crippen LogP contribution is -2.13. The largest absolute Gasteiger partial charge is 0.496 e. The number of methoxy groups -OCH3 is 1. The third kappa shape index (κ3) is 4.41. The lowest BCUT2D eigenvalue weighted by Gasteiger charge is -2.13. The number of primary amides is 1. The van der Waals surface area contributed by atoms with Gasteiger partial charge in [-0.25, -0.2) is 4.39 Å². The Bertz CT molecular complexity index is 1440. The lowest BCUT2D eigenvalue weighted by molar-refractivity contribution is -0.111. The number of nitrogens with one attached hydrogen (secondary N) is 1. The fraction of sp³-hybridized carbons (Fsp3) is 0.111. The van der Waals surface area contributed by atoms with E-state index in [0.717, 1.165) is 27.6 Å². The summed E-state index contributed by atoms with van der Waals surface area (Å²) in [6, 6.07) is 14.5. The van der Waals surface area contributed by atoms with Crippen LogP contribution in [0, 0.1) is 12.7 Å². The first kappa shape index (κ1) is 22.8. The van der Waals surface area contributed by atoms with Crippen LogP contribution >= 0.6 is 0 Å². The van der Waals surface area contributed by atoms with E-state index in [1.807, 2.05) is 13.0 Å². The summed E-state index contributed by atoms with van der Waals surface area (Å²) in [5, 5.41) is 3.57. The third-order valence-electron chi connectivity index (χ3n) is 5.59. The molecule has 0 spiro atoms. The Morgan fingerprint density at radius 1 is 1.12 bits per heavy atom. The summed E-state index contributed by atoms with van der Waals surface area (Å²) < 4.78 is 24.9. The molecule has 1 heterocycles. The molecule has 2 amide bonds. The van der Waals surface area contributed by atoms with Gasteiger partial charge >= 0.3 is 0 Å². The Hall–Kier alpha value is -4.39. The van der Waals surface area contributed by atoms with Gasteiger partial charge in [-0.05, 0) is 61.4 Å². The molecule has 0 aliphatic heterocycles. The van der Waals surface area contributed by atoms with Gasteiger partial charge in [0.2, 0.25) is 11.8 Å². The average Bonchev–Trinajstić information content (AvgIpc) is 3.24. The SMILES string of the molecule is COc1c(/C(C)=C/C(=O)Nc2cccc(C(N)=O)c2)cc2c(-c3ccc(F)cc3)coc2c1C. The highest BCUT2D eigenvalue weighted by atomic mass is 19.1. The fourth-order valence-electron chi connectivity index (χ4n) is 3.93. The third-order valence-corrected chi connectivity index (χ3v) is 5.59. The predicted octanol–water partition coefficient (Wildman–Crippen LogP) is 5.70. The van der Waals surface area contributed by atoms with Gasteiger partial charge in [-0.1, -0.05) is 18.2 Å². The Labute approximate surface area is 195 Å². The summed E-state index contributed by atoms with van der Waals surface area (Å²) in [7, 11) is 1.56. The maximum Gasteiger partial charge on any atom is 0.248 e. The highest BCUT2D eigenvalue weighted by Gasteiger charge is 2.19. The minimum absolute atomic E-state index is 0.300. The molecular weight excluding hydrogens is 435 g/mol. The molecule has 0 bridgehead atoms. The summed E-state index contributed by atoms with van der Waals surface area (Å²) in [6.07, 6.45) is 3.09. The molecular formula is C27H23FN2O4. The lowest BCUT2D eigenvalue weighted by atomic mass is 9.96. The number of ether oxygens (including phenoxy) is 1. The van der Waals surface area contributed by atoms with Gasteiger partial charge < -0.3 is 20.2 Å². The maximum atomic E-state index is 13.4. The number of nitrogens with two attached hydrogens (primary N) is 1. The zero-order chi connectivity index (χ0) is 24.4. The number of amides is 2. The van der Waals surface area contributed by atoms with Crippen LogP contribution in [-0.4, -0.2) is 18.9 Å². The second-order valence-electron chi connectivity index (χ2n) is 7.88. The molecule has 0 radical (unpaired) electrons. The van der Waals surface area contributed by atoms with Crippen LogP contribution in [0.1, 0.15) is 28.4 Å². The van der Waals surface area contributed by atoms with E-state index in [-0.39, 0.29) is 11.7 Å². The molecule has 1 aromatic heterocycles. The van der Waals surface area contributed by atoms with Crippen molar-refractivity contribution in [3.05, 3.63) is 89.4 Å². The number of allylic oxidation sites excluding steroid dienone is 1. The molecule has 0 unspecified atom stereocenters. The highest BCUT2D eigenvalue weighted by molar-refractivity contribution is 6.06. The Balaban J connectivity index is 1.73. The van der Waals surface area contributed by atoms with Crippen LogP contribution < -0.4 is 15.8 Å². The summed E-state index contributed by atoms with van der Waals surface area (Å²) in [5.41, 5.74) is 10.5. The van der Waals surface area contributed by atoms with E-state index < -0.39 is 5.91 Å². The first-order valence-corrected chi connectivity index (χ1v) is 10.5. The number of halogens is 1. The number of rotatable bonds is 6. The number of carbonyl (C=O) groups is 2. The van der Waals surface area contributed by atoms with E-state index >= 15 is 0 Å². The molecule has 172 valence electrons. The first-order chi connectivity index (χ1) is 16.3. The van der Waals surface area contributed by atoms with Crippen LogP contribution in [0.2, 0.25) is 0 Å². The summed E-state index contributed by atoms with van der Waals surface area (Å²) >= 11 is 0. The van der Waals surface area contributed by atoms with Gasteiger partial charge in [0, 0.05) is 39.4 Å². The van der Waals surface area contributed by atoms with Crippen molar-refractivity contribution in [2.75, 3.05) is 12.4 Å². The molecule has 34 heavy (non-hydrogen) atoms. The van der Waals surface area contributed by atoms with Gasteiger partial charge in [-0.2, -0.15) is 0 Å². The van der Waals surface area contributed by atoms with Gasteiger partial charge in [0.15, 0.2) is 0 Å². The molecule has 3 N–H and O–H groups in total. The summed E-state index contributed by atoms with van der Waals surface area (Å²) in [5.74, 6) is -0.677. The second-order valence-corrected chi connectivity index (χ2v) is 7.88. The van der Waals surface area contributed by atoms with Gasteiger partial charge in [-0.15, -0.1) is 0 Å². The molecule has 7 heteroatoms. The van der Waals surface area contributed by atoms with E-state index in [2.05, 4.69) is 5.32 Å². The summed E-state index contributed by atoms with van der Waals surface area (Å²) in [6.45, 7) is 3.69. The van der Waals surface area contributed by atoms with E-state index in [1.54, 1.807) is 50.6 Å². The highest BCUT2D eigenvalue weighted by Crippen LogP contribution is 2.40.